The van der Waals surface area contributed by atoms with Crippen LogP contribution in [0.1, 0.15) is 60.8 Å². The lowest BCUT2D eigenvalue weighted by Gasteiger charge is -2.41. The highest BCUT2D eigenvalue weighted by Gasteiger charge is 2.35. The molecule has 0 amide bonds. The van der Waals surface area contributed by atoms with Gasteiger partial charge >= 0.3 is 0 Å². The Hall–Kier alpha value is -0.0800. The third-order valence-electron chi connectivity index (χ3n) is 4.73. The fourth-order valence-corrected chi connectivity index (χ4v) is 3.41. The van der Waals surface area contributed by atoms with E-state index in [0.29, 0.717) is 17.3 Å². The molecule has 1 aliphatic carbocycles. The van der Waals surface area contributed by atoms with Crippen LogP contribution < -0.4 is 0 Å². The predicted molar refractivity (Wildman–Crippen MR) is 83.2 cm³/mol. The first-order valence-electron chi connectivity index (χ1n) is 8.14. The molecule has 3 unspecified atom stereocenters. The van der Waals surface area contributed by atoms with Crippen LogP contribution in [0.25, 0.3) is 0 Å². The van der Waals surface area contributed by atoms with Gasteiger partial charge < -0.3 is 10.0 Å². The van der Waals surface area contributed by atoms with Gasteiger partial charge in [0.15, 0.2) is 0 Å². The zero-order valence-electron chi connectivity index (χ0n) is 13.9. The molecule has 1 aliphatic rings. The van der Waals surface area contributed by atoms with Gasteiger partial charge in [0.05, 0.1) is 6.10 Å². The second kappa shape index (κ2) is 7.08. The van der Waals surface area contributed by atoms with Gasteiger partial charge in [0.2, 0.25) is 0 Å². The van der Waals surface area contributed by atoms with E-state index in [4.69, 9.17) is 0 Å². The van der Waals surface area contributed by atoms with Crippen molar-refractivity contribution in [1.29, 1.82) is 0 Å². The number of rotatable bonds is 5. The molecule has 0 heterocycles. The molecular formula is C17H35NO. The maximum absolute atomic E-state index is 10.3. The van der Waals surface area contributed by atoms with E-state index in [1.165, 1.54) is 12.8 Å². The summed E-state index contributed by atoms with van der Waals surface area (Å²) in [5, 5.41) is 10.3. The summed E-state index contributed by atoms with van der Waals surface area (Å²) in [5.74, 6) is 1.94. The SMILES string of the molecule is CCN(CC(C)C)CC1CC(C(C)(C)C)CCC1O. The molecule has 2 heteroatoms. The Kier molecular flexibility index (Phi) is 6.32. The maximum atomic E-state index is 10.3. The van der Waals surface area contributed by atoms with E-state index >= 15 is 0 Å². The molecule has 1 saturated carbocycles. The second-order valence-corrected chi connectivity index (χ2v) is 7.95. The minimum absolute atomic E-state index is 0.0835. The molecule has 19 heavy (non-hydrogen) atoms. The molecule has 0 radical (unpaired) electrons. The molecule has 1 N–H and O–H groups in total. The molecule has 2 nitrogen and oxygen atoms in total. The number of nitrogens with zero attached hydrogens (tertiary/aromatic N) is 1. The first-order valence-corrected chi connectivity index (χ1v) is 8.14. The summed E-state index contributed by atoms with van der Waals surface area (Å²) in [4.78, 5) is 2.52. The van der Waals surface area contributed by atoms with E-state index in [-0.39, 0.29) is 6.10 Å². The fraction of sp³-hybridized carbons (Fsp3) is 1.00. The van der Waals surface area contributed by atoms with Crippen LogP contribution in [0.3, 0.4) is 0 Å². The summed E-state index contributed by atoms with van der Waals surface area (Å²) in [6, 6.07) is 0. The summed E-state index contributed by atoms with van der Waals surface area (Å²) < 4.78 is 0. The van der Waals surface area contributed by atoms with E-state index in [2.05, 4.69) is 46.4 Å². The van der Waals surface area contributed by atoms with E-state index < -0.39 is 0 Å². The topological polar surface area (TPSA) is 23.5 Å². The van der Waals surface area contributed by atoms with Gasteiger partial charge in [-0.25, -0.2) is 0 Å². The summed E-state index contributed by atoms with van der Waals surface area (Å²) in [5.41, 5.74) is 0.382. The second-order valence-electron chi connectivity index (χ2n) is 7.95. The lowest BCUT2D eigenvalue weighted by atomic mass is 9.68. The molecule has 0 bridgehead atoms. The third-order valence-corrected chi connectivity index (χ3v) is 4.73. The van der Waals surface area contributed by atoms with Crippen molar-refractivity contribution < 1.29 is 5.11 Å². The van der Waals surface area contributed by atoms with Gasteiger partial charge in [0.25, 0.3) is 0 Å². The Morgan fingerprint density at radius 3 is 2.32 bits per heavy atom. The molecule has 3 atom stereocenters. The highest BCUT2D eigenvalue weighted by molar-refractivity contribution is 4.87. The lowest BCUT2D eigenvalue weighted by Crippen LogP contribution is -2.42. The van der Waals surface area contributed by atoms with Crippen LogP contribution in [0.5, 0.6) is 0 Å². The minimum atomic E-state index is -0.0835. The Labute approximate surface area is 120 Å². The van der Waals surface area contributed by atoms with Crippen molar-refractivity contribution in [1.82, 2.24) is 4.90 Å². The molecule has 0 saturated heterocycles. The summed E-state index contributed by atoms with van der Waals surface area (Å²) >= 11 is 0. The number of hydrogen-bond donors (Lipinski definition) is 1. The zero-order chi connectivity index (χ0) is 14.6. The van der Waals surface area contributed by atoms with Crippen LogP contribution in [0, 0.1) is 23.2 Å². The summed E-state index contributed by atoms with van der Waals surface area (Å²) in [7, 11) is 0. The molecule has 0 aromatic carbocycles. The Morgan fingerprint density at radius 1 is 1.21 bits per heavy atom. The quantitative estimate of drug-likeness (QED) is 0.821. The molecule has 1 rings (SSSR count). The van der Waals surface area contributed by atoms with Crippen molar-refractivity contribution >= 4 is 0 Å². The van der Waals surface area contributed by atoms with Gasteiger partial charge in [-0.15, -0.1) is 0 Å². The fourth-order valence-electron chi connectivity index (χ4n) is 3.41. The molecular weight excluding hydrogens is 234 g/mol. The van der Waals surface area contributed by atoms with Crippen molar-refractivity contribution in [2.45, 2.75) is 66.9 Å². The van der Waals surface area contributed by atoms with Crippen LogP contribution in [0.4, 0.5) is 0 Å². The largest absolute Gasteiger partial charge is 0.393 e. The monoisotopic (exact) mass is 269 g/mol. The standard InChI is InChI=1S/C17H35NO/c1-7-18(11-13(2)3)12-14-10-15(17(4,5)6)8-9-16(14)19/h13-16,19H,7-12H2,1-6H3. The lowest BCUT2D eigenvalue weighted by molar-refractivity contribution is 0.00254. The average Bonchev–Trinajstić information content (AvgIpc) is 2.28. The van der Waals surface area contributed by atoms with Gasteiger partial charge in [-0.1, -0.05) is 41.5 Å². The van der Waals surface area contributed by atoms with Gasteiger partial charge in [-0.05, 0) is 49.0 Å². The highest BCUT2D eigenvalue weighted by Crippen LogP contribution is 2.40. The van der Waals surface area contributed by atoms with Crippen LogP contribution in [0.2, 0.25) is 0 Å². The van der Waals surface area contributed by atoms with Crippen LogP contribution in [-0.2, 0) is 0 Å². The van der Waals surface area contributed by atoms with Crippen molar-refractivity contribution in [3.8, 4) is 0 Å². The molecule has 0 aromatic rings. The minimum Gasteiger partial charge on any atom is -0.393 e. The zero-order valence-corrected chi connectivity index (χ0v) is 13.9. The number of aliphatic hydroxyl groups excluding tert-OH is 1. The summed E-state index contributed by atoms with van der Waals surface area (Å²) in [6.45, 7) is 17.1. The van der Waals surface area contributed by atoms with Crippen molar-refractivity contribution in [2.24, 2.45) is 23.2 Å². The Bertz CT molecular complexity index is 256. The van der Waals surface area contributed by atoms with E-state index in [1.807, 2.05) is 0 Å². The van der Waals surface area contributed by atoms with E-state index in [9.17, 15) is 5.11 Å². The first kappa shape index (κ1) is 17.0. The van der Waals surface area contributed by atoms with Crippen molar-refractivity contribution in [3.63, 3.8) is 0 Å². The molecule has 0 aliphatic heterocycles. The van der Waals surface area contributed by atoms with Crippen molar-refractivity contribution in [2.75, 3.05) is 19.6 Å². The number of hydrogen-bond acceptors (Lipinski definition) is 2. The van der Waals surface area contributed by atoms with Gasteiger partial charge in [0, 0.05) is 13.1 Å². The molecule has 114 valence electrons. The average molecular weight is 269 g/mol. The van der Waals surface area contributed by atoms with Crippen LogP contribution in [0.15, 0.2) is 0 Å². The molecule has 0 spiro atoms. The van der Waals surface area contributed by atoms with Crippen molar-refractivity contribution in [3.05, 3.63) is 0 Å². The molecule has 1 fully saturated rings. The van der Waals surface area contributed by atoms with E-state index in [1.54, 1.807) is 0 Å². The van der Waals surface area contributed by atoms with Gasteiger partial charge in [0.1, 0.15) is 0 Å². The number of aliphatic hydroxyl groups is 1. The third kappa shape index (κ3) is 5.43. The molecule has 0 aromatic heterocycles. The summed E-state index contributed by atoms with van der Waals surface area (Å²) in [6.07, 6.45) is 3.29. The first-order chi connectivity index (χ1) is 8.74. The smallest absolute Gasteiger partial charge is 0.0580 e. The van der Waals surface area contributed by atoms with Crippen LogP contribution >= 0.6 is 0 Å². The Morgan fingerprint density at radius 2 is 1.84 bits per heavy atom. The normalized spacial score (nSPS) is 29.2. The predicted octanol–water partition coefficient (Wildman–Crippen LogP) is 3.79. The van der Waals surface area contributed by atoms with Crippen LogP contribution in [-0.4, -0.2) is 35.7 Å². The van der Waals surface area contributed by atoms with Gasteiger partial charge in [-0.3, -0.25) is 0 Å². The van der Waals surface area contributed by atoms with Gasteiger partial charge in [-0.2, -0.15) is 0 Å². The Balaban J connectivity index is 2.58. The van der Waals surface area contributed by atoms with E-state index in [0.717, 1.165) is 32.0 Å². The maximum Gasteiger partial charge on any atom is 0.0580 e. The highest BCUT2D eigenvalue weighted by atomic mass is 16.3.